The van der Waals surface area contributed by atoms with Crippen molar-refractivity contribution >= 4 is 19.8 Å². The number of esters is 2. The minimum absolute atomic E-state index is 0.0228. The number of carbonyl (C=O) groups is 2. The van der Waals surface area contributed by atoms with E-state index in [0.29, 0.717) is 17.4 Å². The highest BCUT2D eigenvalue weighted by Crippen LogP contribution is 2.43. The Bertz CT molecular complexity index is 1770. The van der Waals surface area contributed by atoms with Gasteiger partial charge < -0.3 is 18.9 Å². The van der Waals surface area contributed by atoms with Crippen LogP contribution in [0.5, 0.6) is 0 Å². The molecule has 0 aromatic rings. The molecule has 86 heavy (non-hydrogen) atoms. The fourth-order valence-corrected chi connectivity index (χ4v) is 10.9. The number of nitrogens with zero attached hydrogens (tertiary/aromatic N) is 1. The van der Waals surface area contributed by atoms with Crippen molar-refractivity contribution in [1.82, 2.24) is 0 Å². The normalized spacial score (nSPS) is 13.7. The third-order valence-electron chi connectivity index (χ3n) is 15.6. The van der Waals surface area contributed by atoms with Crippen molar-refractivity contribution in [3.63, 3.8) is 0 Å². The van der Waals surface area contributed by atoms with Gasteiger partial charge in [0.1, 0.15) is 19.8 Å². The van der Waals surface area contributed by atoms with Crippen molar-refractivity contribution in [2.45, 2.75) is 328 Å². The molecule has 0 rings (SSSR count). The molecule has 0 aliphatic heterocycles. The highest BCUT2D eigenvalue weighted by molar-refractivity contribution is 7.47. The third-order valence-corrected chi connectivity index (χ3v) is 16.6. The summed E-state index contributed by atoms with van der Waals surface area (Å²) >= 11 is 0. The molecule has 0 amide bonds. The van der Waals surface area contributed by atoms with Gasteiger partial charge >= 0.3 is 19.8 Å². The van der Waals surface area contributed by atoms with E-state index in [4.69, 9.17) is 18.5 Å². The lowest BCUT2D eigenvalue weighted by Crippen LogP contribution is -2.37. The van der Waals surface area contributed by atoms with Crippen molar-refractivity contribution < 1.29 is 42.1 Å². The summed E-state index contributed by atoms with van der Waals surface area (Å²) in [6.45, 7) is 4.32. The van der Waals surface area contributed by atoms with Gasteiger partial charge in [-0.1, -0.05) is 329 Å². The van der Waals surface area contributed by atoms with Crippen molar-refractivity contribution in [2.75, 3.05) is 47.5 Å². The molecule has 9 nitrogen and oxygen atoms in total. The standard InChI is InChI=1S/C76H136NO8P/c1-6-8-10-12-14-16-18-20-22-24-26-28-30-32-34-36-37-38-39-41-42-44-46-48-50-52-54-56-58-60-62-64-66-68-75(78)82-72-74(73-84-86(80,81)83-71-70-77(3,4)5)85-76(79)69-67-65-63-61-59-57-55-53-51-49-47-45-43-40-35-33-31-29-27-25-23-21-19-17-15-13-11-9-7-2/h9,11,15,17,21,23,27,29,33,35,43,45,49,51,55,57,74H,6-8,10,12-14,16,18-20,22,24-26,28,30-32,34,36-42,44,46-48,50,52-54,56,58-73H2,1-5H3/p+1/b11-9-,17-15-,23-21-,29-27-,35-33-,45-43-,51-49-,57-55-. The van der Waals surface area contributed by atoms with Crippen molar-refractivity contribution in [1.29, 1.82) is 0 Å². The van der Waals surface area contributed by atoms with Crippen LogP contribution in [0.2, 0.25) is 0 Å². The molecule has 2 atom stereocenters. The molecular formula is C76H137NO8P+. The lowest BCUT2D eigenvalue weighted by molar-refractivity contribution is -0.870. The van der Waals surface area contributed by atoms with Crippen LogP contribution in [0.3, 0.4) is 0 Å². The van der Waals surface area contributed by atoms with E-state index in [-0.39, 0.29) is 32.0 Å². The lowest BCUT2D eigenvalue weighted by atomic mass is 10.0. The Kier molecular flexibility index (Phi) is 64.0. The number of unbranched alkanes of at least 4 members (excludes halogenated alkanes) is 36. The van der Waals surface area contributed by atoms with E-state index in [1.165, 1.54) is 193 Å². The molecule has 0 heterocycles. The third kappa shape index (κ3) is 70.0. The van der Waals surface area contributed by atoms with Gasteiger partial charge in [0.25, 0.3) is 0 Å². The molecule has 10 heteroatoms. The minimum Gasteiger partial charge on any atom is -0.462 e. The van der Waals surface area contributed by atoms with Crippen LogP contribution in [0.15, 0.2) is 97.2 Å². The van der Waals surface area contributed by atoms with E-state index < -0.39 is 26.5 Å². The average molecular weight is 1220 g/mol. The number of hydrogen-bond acceptors (Lipinski definition) is 7. The molecule has 0 aromatic carbocycles. The number of rotatable bonds is 66. The molecule has 0 spiro atoms. The maximum absolute atomic E-state index is 12.9. The SMILES string of the molecule is CC/C=C\C/C=C\C/C=C\C/C=C\C/C=C\C/C=C\C/C=C\C/C=C\CCCCCCC(=O)OC(COC(=O)CCCCCCCCCCCCCCCCCCCCCCCCCCCCCCCCCCC)COP(=O)(O)OCC[N+](C)(C)C. The summed E-state index contributed by atoms with van der Waals surface area (Å²) in [6, 6.07) is 0. The molecule has 0 bridgehead atoms. The molecule has 498 valence electrons. The van der Waals surface area contributed by atoms with Crippen LogP contribution in [0.1, 0.15) is 322 Å². The first-order valence-corrected chi connectivity index (χ1v) is 37.5. The summed E-state index contributed by atoms with van der Waals surface area (Å²) in [5.74, 6) is -0.820. The zero-order valence-electron chi connectivity index (χ0n) is 56.8. The number of likely N-dealkylation sites (N-methyl/N-ethyl adjacent to an activating group) is 1. The van der Waals surface area contributed by atoms with Gasteiger partial charge in [0, 0.05) is 12.8 Å². The van der Waals surface area contributed by atoms with E-state index in [2.05, 4.69) is 111 Å². The fourth-order valence-electron chi connectivity index (χ4n) is 10.2. The Morgan fingerprint density at radius 2 is 0.663 bits per heavy atom. The van der Waals surface area contributed by atoms with Crippen molar-refractivity contribution in [3.8, 4) is 0 Å². The maximum Gasteiger partial charge on any atom is 0.472 e. The maximum atomic E-state index is 12.9. The topological polar surface area (TPSA) is 108 Å². The Morgan fingerprint density at radius 3 is 0.988 bits per heavy atom. The summed E-state index contributed by atoms with van der Waals surface area (Å²) in [5.41, 5.74) is 0. The number of phosphoric acid groups is 1. The van der Waals surface area contributed by atoms with E-state index in [1.807, 2.05) is 21.1 Å². The first kappa shape index (κ1) is 82.9. The molecule has 0 saturated heterocycles. The summed E-state index contributed by atoms with van der Waals surface area (Å²) in [5, 5.41) is 0. The van der Waals surface area contributed by atoms with Gasteiger partial charge in [-0.3, -0.25) is 18.6 Å². The number of hydrogen-bond donors (Lipinski definition) is 1. The summed E-state index contributed by atoms with van der Waals surface area (Å²) < 4.78 is 34.7. The summed E-state index contributed by atoms with van der Waals surface area (Å²) in [6.07, 6.45) is 92.4. The molecule has 0 aliphatic carbocycles. The number of carbonyl (C=O) groups excluding carboxylic acids is 2. The molecule has 0 fully saturated rings. The molecular weight excluding hydrogens is 1090 g/mol. The molecule has 0 radical (unpaired) electrons. The largest absolute Gasteiger partial charge is 0.472 e. The summed E-state index contributed by atoms with van der Waals surface area (Å²) in [4.78, 5) is 35.9. The number of quaternary nitrogens is 1. The first-order chi connectivity index (χ1) is 42.0. The molecule has 0 saturated carbocycles. The Balaban J connectivity index is 4.07. The van der Waals surface area contributed by atoms with Gasteiger partial charge in [0.2, 0.25) is 0 Å². The first-order valence-electron chi connectivity index (χ1n) is 36.0. The second-order valence-electron chi connectivity index (χ2n) is 25.3. The Morgan fingerprint density at radius 1 is 0.372 bits per heavy atom. The van der Waals surface area contributed by atoms with Crippen molar-refractivity contribution in [2.24, 2.45) is 0 Å². The number of phosphoric ester groups is 1. The van der Waals surface area contributed by atoms with Gasteiger partial charge in [-0.2, -0.15) is 0 Å². The van der Waals surface area contributed by atoms with Gasteiger partial charge in [0.05, 0.1) is 27.7 Å². The van der Waals surface area contributed by atoms with E-state index >= 15 is 0 Å². The van der Waals surface area contributed by atoms with Crippen LogP contribution in [0.4, 0.5) is 0 Å². The second kappa shape index (κ2) is 66.4. The van der Waals surface area contributed by atoms with E-state index in [9.17, 15) is 19.0 Å². The van der Waals surface area contributed by atoms with Crippen LogP contribution >= 0.6 is 7.82 Å². The van der Waals surface area contributed by atoms with E-state index in [1.54, 1.807) is 0 Å². The molecule has 1 N–H and O–H groups in total. The van der Waals surface area contributed by atoms with Gasteiger partial charge in [-0.15, -0.1) is 0 Å². The van der Waals surface area contributed by atoms with Gasteiger partial charge in [-0.05, 0) is 77.0 Å². The zero-order chi connectivity index (χ0) is 62.6. The highest BCUT2D eigenvalue weighted by Gasteiger charge is 2.27. The summed E-state index contributed by atoms with van der Waals surface area (Å²) in [7, 11) is 1.46. The van der Waals surface area contributed by atoms with Gasteiger partial charge in [0.15, 0.2) is 6.10 Å². The second-order valence-corrected chi connectivity index (χ2v) is 26.7. The quantitative estimate of drug-likeness (QED) is 0.0211. The fraction of sp³-hybridized carbons (Fsp3) is 0.763. The van der Waals surface area contributed by atoms with Gasteiger partial charge in [-0.25, -0.2) is 4.57 Å². The predicted molar refractivity (Wildman–Crippen MR) is 372 cm³/mol. The number of allylic oxidation sites excluding steroid dienone is 16. The Labute approximate surface area is 532 Å². The predicted octanol–water partition coefficient (Wildman–Crippen LogP) is 23.5. The monoisotopic (exact) mass is 1220 g/mol. The smallest absolute Gasteiger partial charge is 0.462 e. The number of ether oxygens (including phenoxy) is 2. The average Bonchev–Trinajstić information content (AvgIpc) is 3.67. The van der Waals surface area contributed by atoms with Crippen molar-refractivity contribution in [3.05, 3.63) is 97.2 Å². The van der Waals surface area contributed by atoms with Crippen LogP contribution in [0.25, 0.3) is 0 Å². The molecule has 0 aromatic heterocycles. The van der Waals surface area contributed by atoms with E-state index in [0.717, 1.165) is 96.3 Å². The Hall–Kier alpha value is -3.07. The van der Waals surface area contributed by atoms with Crippen LogP contribution in [0, 0.1) is 0 Å². The highest BCUT2D eigenvalue weighted by atomic mass is 31.2. The lowest BCUT2D eigenvalue weighted by Gasteiger charge is -2.24. The molecule has 2 unspecified atom stereocenters. The molecule has 0 aliphatic rings. The minimum atomic E-state index is -4.41. The van der Waals surface area contributed by atoms with Crippen LogP contribution < -0.4 is 0 Å². The zero-order valence-corrected chi connectivity index (χ0v) is 57.7. The van der Waals surface area contributed by atoms with Crippen LogP contribution in [-0.2, 0) is 32.7 Å². The van der Waals surface area contributed by atoms with Crippen LogP contribution in [-0.4, -0.2) is 74.9 Å².